The first kappa shape index (κ1) is 24.8. The van der Waals surface area contributed by atoms with Crippen LogP contribution in [0.2, 0.25) is 0 Å². The van der Waals surface area contributed by atoms with E-state index < -0.39 is 0 Å². The lowest BCUT2D eigenvalue weighted by molar-refractivity contribution is -0.143. The standard InChI is InChI=1S/C23H42O3/c1-4-25-22(3)20-18-16-14-12-10-8-6-7-9-11-13-15-17-19-21-23(24)26-5-2/h6-7H,3-5,8-21H2,1-2H3/b7-6-. The van der Waals surface area contributed by atoms with Crippen molar-refractivity contribution in [2.75, 3.05) is 13.2 Å². The predicted molar refractivity (Wildman–Crippen MR) is 111 cm³/mol. The Kier molecular flexibility index (Phi) is 19.1. The molecular weight excluding hydrogens is 324 g/mol. The van der Waals surface area contributed by atoms with Crippen LogP contribution in [0.15, 0.2) is 24.5 Å². The summed E-state index contributed by atoms with van der Waals surface area (Å²) < 4.78 is 10.3. The Balaban J connectivity index is 3.20. The zero-order chi connectivity index (χ0) is 19.3. The smallest absolute Gasteiger partial charge is 0.305 e. The summed E-state index contributed by atoms with van der Waals surface area (Å²) in [7, 11) is 0. The molecule has 0 N–H and O–H groups in total. The third-order valence-corrected chi connectivity index (χ3v) is 4.40. The first-order chi connectivity index (χ1) is 12.7. The summed E-state index contributed by atoms with van der Waals surface area (Å²) in [6.07, 6.45) is 21.0. The highest BCUT2D eigenvalue weighted by molar-refractivity contribution is 5.69. The molecule has 0 aliphatic heterocycles. The minimum atomic E-state index is -0.0496. The van der Waals surface area contributed by atoms with Gasteiger partial charge in [-0.2, -0.15) is 0 Å². The van der Waals surface area contributed by atoms with Gasteiger partial charge in [0.1, 0.15) is 0 Å². The minimum absolute atomic E-state index is 0.0496. The molecule has 0 bridgehead atoms. The number of allylic oxidation sites excluding steroid dienone is 3. The van der Waals surface area contributed by atoms with Crippen LogP contribution in [0.3, 0.4) is 0 Å². The Morgan fingerprint density at radius 1 is 0.692 bits per heavy atom. The highest BCUT2D eigenvalue weighted by atomic mass is 16.5. The van der Waals surface area contributed by atoms with Crippen molar-refractivity contribution in [3.8, 4) is 0 Å². The SMILES string of the molecule is C=C(CCCCCCC/C=C\CCCCCCCC(=O)OCC)OCC. The number of ether oxygens (including phenoxy) is 2. The van der Waals surface area contributed by atoms with Gasteiger partial charge in [-0.15, -0.1) is 0 Å². The van der Waals surface area contributed by atoms with E-state index in [1.54, 1.807) is 0 Å². The average molecular weight is 367 g/mol. The molecule has 0 saturated heterocycles. The van der Waals surface area contributed by atoms with E-state index in [1.165, 1.54) is 64.2 Å². The fourth-order valence-corrected chi connectivity index (χ4v) is 2.92. The summed E-state index contributed by atoms with van der Waals surface area (Å²) >= 11 is 0. The summed E-state index contributed by atoms with van der Waals surface area (Å²) in [5, 5.41) is 0. The van der Waals surface area contributed by atoms with E-state index in [1.807, 2.05) is 13.8 Å². The molecule has 0 aromatic heterocycles. The first-order valence-electron chi connectivity index (χ1n) is 10.8. The van der Waals surface area contributed by atoms with Crippen LogP contribution in [-0.2, 0) is 14.3 Å². The predicted octanol–water partition coefficient (Wildman–Crippen LogP) is 7.12. The van der Waals surface area contributed by atoms with Gasteiger partial charge in [-0.1, -0.05) is 57.3 Å². The highest BCUT2D eigenvalue weighted by Gasteiger charge is 2.00. The normalized spacial score (nSPS) is 11.0. The van der Waals surface area contributed by atoms with Gasteiger partial charge >= 0.3 is 5.97 Å². The van der Waals surface area contributed by atoms with Crippen LogP contribution < -0.4 is 0 Å². The second-order valence-corrected chi connectivity index (χ2v) is 6.86. The van der Waals surface area contributed by atoms with Gasteiger partial charge in [0.2, 0.25) is 0 Å². The Morgan fingerprint density at radius 2 is 1.15 bits per heavy atom. The van der Waals surface area contributed by atoms with Crippen molar-refractivity contribution >= 4 is 5.97 Å². The molecule has 0 amide bonds. The van der Waals surface area contributed by atoms with E-state index in [9.17, 15) is 4.79 Å². The summed E-state index contributed by atoms with van der Waals surface area (Å²) in [6, 6.07) is 0. The molecule has 0 aromatic rings. The lowest BCUT2D eigenvalue weighted by atomic mass is 10.1. The lowest BCUT2D eigenvalue weighted by Crippen LogP contribution is -2.03. The van der Waals surface area contributed by atoms with E-state index in [0.29, 0.717) is 13.0 Å². The van der Waals surface area contributed by atoms with Crippen molar-refractivity contribution in [2.45, 2.75) is 104 Å². The summed E-state index contributed by atoms with van der Waals surface area (Å²) in [5.41, 5.74) is 0. The number of hydrogen-bond acceptors (Lipinski definition) is 3. The van der Waals surface area contributed by atoms with Crippen LogP contribution >= 0.6 is 0 Å². The molecule has 0 unspecified atom stereocenters. The fourth-order valence-electron chi connectivity index (χ4n) is 2.92. The largest absolute Gasteiger partial charge is 0.499 e. The van der Waals surface area contributed by atoms with Gasteiger partial charge in [-0.3, -0.25) is 4.79 Å². The van der Waals surface area contributed by atoms with Crippen molar-refractivity contribution < 1.29 is 14.3 Å². The Labute approximate surface area is 162 Å². The van der Waals surface area contributed by atoms with E-state index in [0.717, 1.165) is 31.6 Å². The quantitative estimate of drug-likeness (QED) is 0.106. The highest BCUT2D eigenvalue weighted by Crippen LogP contribution is 2.12. The van der Waals surface area contributed by atoms with Gasteiger partial charge in [0.25, 0.3) is 0 Å². The maximum absolute atomic E-state index is 11.2. The van der Waals surface area contributed by atoms with Crippen molar-refractivity contribution in [2.24, 2.45) is 0 Å². The second-order valence-electron chi connectivity index (χ2n) is 6.86. The summed E-state index contributed by atoms with van der Waals surface area (Å²) in [5.74, 6) is 0.890. The fraction of sp³-hybridized carbons (Fsp3) is 0.783. The average Bonchev–Trinajstić information content (AvgIpc) is 2.61. The molecule has 0 spiro atoms. The zero-order valence-electron chi connectivity index (χ0n) is 17.4. The number of rotatable bonds is 19. The maximum Gasteiger partial charge on any atom is 0.305 e. The van der Waals surface area contributed by atoms with Gasteiger partial charge in [-0.05, 0) is 52.4 Å². The van der Waals surface area contributed by atoms with Crippen LogP contribution in [0.5, 0.6) is 0 Å². The van der Waals surface area contributed by atoms with Crippen molar-refractivity contribution in [1.29, 1.82) is 0 Å². The summed E-state index contributed by atoms with van der Waals surface area (Å²) in [6.45, 7) is 9.01. The van der Waals surface area contributed by atoms with Gasteiger partial charge in [-0.25, -0.2) is 0 Å². The van der Waals surface area contributed by atoms with Gasteiger partial charge in [0, 0.05) is 12.8 Å². The Morgan fingerprint density at radius 3 is 1.69 bits per heavy atom. The molecule has 0 saturated carbocycles. The van der Waals surface area contributed by atoms with Crippen LogP contribution in [0, 0.1) is 0 Å². The third kappa shape index (κ3) is 19.1. The lowest BCUT2D eigenvalue weighted by Gasteiger charge is -2.06. The molecular formula is C23H42O3. The molecule has 0 heterocycles. The van der Waals surface area contributed by atoms with E-state index >= 15 is 0 Å². The zero-order valence-corrected chi connectivity index (χ0v) is 17.4. The van der Waals surface area contributed by atoms with E-state index in [-0.39, 0.29) is 5.97 Å². The van der Waals surface area contributed by atoms with E-state index in [4.69, 9.17) is 9.47 Å². The number of carbonyl (C=O) groups is 1. The van der Waals surface area contributed by atoms with Crippen LogP contribution in [0.4, 0.5) is 0 Å². The topological polar surface area (TPSA) is 35.5 Å². The second kappa shape index (κ2) is 20.1. The van der Waals surface area contributed by atoms with Gasteiger partial charge in [0.05, 0.1) is 19.0 Å². The number of esters is 1. The van der Waals surface area contributed by atoms with Crippen LogP contribution in [-0.4, -0.2) is 19.2 Å². The van der Waals surface area contributed by atoms with Crippen molar-refractivity contribution in [3.63, 3.8) is 0 Å². The number of hydrogen-bond donors (Lipinski definition) is 0. The van der Waals surface area contributed by atoms with Crippen LogP contribution in [0.25, 0.3) is 0 Å². The molecule has 0 fully saturated rings. The van der Waals surface area contributed by atoms with Crippen molar-refractivity contribution in [3.05, 3.63) is 24.5 Å². The first-order valence-corrected chi connectivity index (χ1v) is 10.8. The molecule has 0 aliphatic rings. The maximum atomic E-state index is 11.2. The monoisotopic (exact) mass is 366 g/mol. The molecule has 3 heteroatoms. The Bertz CT molecular complexity index is 326. The molecule has 0 aromatic carbocycles. The van der Waals surface area contributed by atoms with Gasteiger partial charge < -0.3 is 9.47 Å². The number of unbranched alkanes of at least 4 members (excludes halogenated alkanes) is 10. The molecule has 0 radical (unpaired) electrons. The molecule has 152 valence electrons. The van der Waals surface area contributed by atoms with E-state index in [2.05, 4.69) is 18.7 Å². The molecule has 0 atom stereocenters. The van der Waals surface area contributed by atoms with Crippen molar-refractivity contribution in [1.82, 2.24) is 0 Å². The van der Waals surface area contributed by atoms with Crippen LogP contribution in [0.1, 0.15) is 104 Å². The minimum Gasteiger partial charge on any atom is -0.499 e. The molecule has 3 nitrogen and oxygen atoms in total. The molecule has 0 rings (SSSR count). The summed E-state index contributed by atoms with van der Waals surface area (Å²) in [4.78, 5) is 11.2. The third-order valence-electron chi connectivity index (χ3n) is 4.40. The Hall–Kier alpha value is -1.25. The molecule has 26 heavy (non-hydrogen) atoms. The van der Waals surface area contributed by atoms with Gasteiger partial charge in [0.15, 0.2) is 0 Å². The number of carbonyl (C=O) groups excluding carboxylic acids is 1. The molecule has 0 aliphatic carbocycles.